The van der Waals surface area contributed by atoms with Crippen LogP contribution in [0.3, 0.4) is 0 Å². The number of amides is 2. The van der Waals surface area contributed by atoms with E-state index in [1.54, 1.807) is 6.92 Å². The van der Waals surface area contributed by atoms with Crippen LogP contribution in [0.15, 0.2) is 0 Å². The molecule has 0 aromatic carbocycles. The Hall–Kier alpha value is -1.10. The van der Waals surface area contributed by atoms with Crippen molar-refractivity contribution in [2.75, 3.05) is 0 Å². The molecule has 2 amide bonds. The van der Waals surface area contributed by atoms with Crippen molar-refractivity contribution in [2.45, 2.75) is 45.1 Å². The van der Waals surface area contributed by atoms with E-state index in [1.807, 2.05) is 0 Å². The van der Waals surface area contributed by atoms with Crippen molar-refractivity contribution in [1.82, 2.24) is 0 Å². The molecule has 0 heterocycles. The monoisotopic (exact) mass is 216 g/mol. The second kappa shape index (κ2) is 7.23. The first-order valence-corrected chi connectivity index (χ1v) is 5.19. The maximum absolute atomic E-state index is 11.0. The van der Waals surface area contributed by atoms with Gasteiger partial charge in [-0.1, -0.05) is 6.42 Å². The number of carbonyl (C=O) groups is 2. The Morgan fingerprint density at radius 1 is 1.27 bits per heavy atom. The average Bonchev–Trinajstić information content (AvgIpc) is 2.08. The van der Waals surface area contributed by atoms with Gasteiger partial charge in [0.25, 0.3) is 0 Å². The van der Waals surface area contributed by atoms with Gasteiger partial charge in [-0.25, -0.2) is 0 Å². The Kier molecular flexibility index (Phi) is 6.70. The first kappa shape index (κ1) is 13.9. The minimum Gasteiger partial charge on any atom is -0.393 e. The van der Waals surface area contributed by atoms with Crippen molar-refractivity contribution in [1.29, 1.82) is 0 Å². The Morgan fingerprint density at radius 3 is 2.27 bits per heavy atom. The largest absolute Gasteiger partial charge is 0.393 e. The summed E-state index contributed by atoms with van der Waals surface area (Å²) in [6, 6.07) is 0. The van der Waals surface area contributed by atoms with Crippen LogP contribution in [-0.4, -0.2) is 23.0 Å². The molecule has 0 aliphatic carbocycles. The number of aliphatic hydroxyl groups excluding tert-OH is 1. The normalized spacial score (nSPS) is 14.5. The van der Waals surface area contributed by atoms with Crippen LogP contribution in [0.2, 0.25) is 0 Å². The summed E-state index contributed by atoms with van der Waals surface area (Å²) in [6.07, 6.45) is 2.18. The summed E-state index contributed by atoms with van der Waals surface area (Å²) in [5.74, 6) is -1.03. The lowest BCUT2D eigenvalue weighted by Gasteiger charge is -2.14. The summed E-state index contributed by atoms with van der Waals surface area (Å²) < 4.78 is 0. The third kappa shape index (κ3) is 7.93. The number of hydrogen-bond donors (Lipinski definition) is 3. The van der Waals surface area contributed by atoms with Gasteiger partial charge in [0, 0.05) is 12.3 Å². The Labute approximate surface area is 89.8 Å². The number of aliphatic hydroxyl groups is 1. The molecule has 15 heavy (non-hydrogen) atoms. The molecule has 0 saturated heterocycles. The molecule has 2 atom stereocenters. The number of hydrogen-bond acceptors (Lipinski definition) is 3. The van der Waals surface area contributed by atoms with Crippen LogP contribution in [0.5, 0.6) is 0 Å². The summed E-state index contributed by atoms with van der Waals surface area (Å²) in [5.41, 5.74) is 10.2. The van der Waals surface area contributed by atoms with Crippen molar-refractivity contribution in [2.24, 2.45) is 17.4 Å². The Morgan fingerprint density at radius 2 is 1.87 bits per heavy atom. The van der Waals surface area contributed by atoms with Gasteiger partial charge in [0.1, 0.15) is 0 Å². The topological polar surface area (TPSA) is 106 Å². The van der Waals surface area contributed by atoms with E-state index in [-0.39, 0.29) is 11.8 Å². The van der Waals surface area contributed by atoms with E-state index in [1.165, 1.54) is 0 Å². The molecule has 0 aromatic rings. The van der Waals surface area contributed by atoms with E-state index < -0.39 is 12.0 Å². The highest BCUT2D eigenvalue weighted by atomic mass is 16.3. The molecule has 0 aromatic heterocycles. The predicted octanol–water partition coefficient (Wildman–Crippen LogP) is -0.0955. The van der Waals surface area contributed by atoms with Gasteiger partial charge in [-0.2, -0.15) is 0 Å². The molecule has 0 aliphatic rings. The van der Waals surface area contributed by atoms with Gasteiger partial charge in [-0.05, 0) is 26.2 Å². The highest BCUT2D eigenvalue weighted by molar-refractivity contribution is 5.76. The van der Waals surface area contributed by atoms with E-state index >= 15 is 0 Å². The second-order valence-corrected chi connectivity index (χ2v) is 3.90. The Balaban J connectivity index is 3.76. The fourth-order valence-corrected chi connectivity index (χ4v) is 1.48. The molecule has 0 fully saturated rings. The van der Waals surface area contributed by atoms with Gasteiger partial charge >= 0.3 is 0 Å². The molecular weight excluding hydrogens is 196 g/mol. The fourth-order valence-electron chi connectivity index (χ4n) is 1.48. The van der Waals surface area contributed by atoms with E-state index in [0.29, 0.717) is 25.7 Å². The molecule has 88 valence electrons. The smallest absolute Gasteiger partial charge is 0.220 e. The quantitative estimate of drug-likeness (QED) is 0.493. The minimum absolute atomic E-state index is 0.308. The number of rotatable bonds is 8. The van der Waals surface area contributed by atoms with E-state index in [4.69, 9.17) is 16.6 Å². The lowest BCUT2D eigenvalue weighted by Crippen LogP contribution is -2.26. The van der Waals surface area contributed by atoms with Gasteiger partial charge in [0.05, 0.1) is 6.10 Å². The van der Waals surface area contributed by atoms with Crippen LogP contribution >= 0.6 is 0 Å². The van der Waals surface area contributed by atoms with Crippen LogP contribution in [-0.2, 0) is 9.59 Å². The van der Waals surface area contributed by atoms with Crippen molar-refractivity contribution in [3.63, 3.8) is 0 Å². The van der Waals surface area contributed by atoms with E-state index in [0.717, 1.165) is 6.42 Å². The zero-order chi connectivity index (χ0) is 11.8. The maximum atomic E-state index is 11.0. The Bertz CT molecular complexity index is 217. The molecule has 5 nitrogen and oxygen atoms in total. The van der Waals surface area contributed by atoms with Gasteiger partial charge in [-0.15, -0.1) is 0 Å². The fraction of sp³-hybridized carbons (Fsp3) is 0.800. The van der Waals surface area contributed by atoms with E-state index in [2.05, 4.69) is 0 Å². The third-order valence-corrected chi connectivity index (χ3v) is 2.25. The maximum Gasteiger partial charge on any atom is 0.220 e. The zero-order valence-corrected chi connectivity index (χ0v) is 9.11. The summed E-state index contributed by atoms with van der Waals surface area (Å²) in [7, 11) is 0. The molecule has 0 bridgehead atoms. The number of unbranched alkanes of at least 4 members (excludes halogenated alkanes) is 1. The highest BCUT2D eigenvalue weighted by Crippen LogP contribution is 2.15. The van der Waals surface area contributed by atoms with Crippen LogP contribution in [0.25, 0.3) is 0 Å². The van der Waals surface area contributed by atoms with Gasteiger partial charge in [0.2, 0.25) is 11.8 Å². The molecule has 5 heteroatoms. The number of carbonyl (C=O) groups excluding carboxylic acids is 2. The SMILES string of the molecule is CC(O)CC(CCCCC(N)=O)C(N)=O. The summed E-state index contributed by atoms with van der Waals surface area (Å²) >= 11 is 0. The number of nitrogens with two attached hydrogens (primary N) is 2. The number of primary amides is 2. The zero-order valence-electron chi connectivity index (χ0n) is 9.11. The average molecular weight is 216 g/mol. The molecule has 0 saturated carbocycles. The molecular formula is C10H20N2O3. The van der Waals surface area contributed by atoms with Crippen LogP contribution in [0.4, 0.5) is 0 Å². The highest BCUT2D eigenvalue weighted by Gasteiger charge is 2.17. The van der Waals surface area contributed by atoms with Gasteiger partial charge in [-0.3, -0.25) is 9.59 Å². The molecule has 2 unspecified atom stereocenters. The van der Waals surface area contributed by atoms with Gasteiger partial charge in [0.15, 0.2) is 0 Å². The molecule has 0 aliphatic heterocycles. The van der Waals surface area contributed by atoms with Crippen LogP contribution in [0.1, 0.15) is 39.0 Å². The molecule has 0 spiro atoms. The first-order valence-electron chi connectivity index (χ1n) is 5.19. The van der Waals surface area contributed by atoms with Crippen LogP contribution < -0.4 is 11.5 Å². The second-order valence-electron chi connectivity index (χ2n) is 3.90. The summed E-state index contributed by atoms with van der Waals surface area (Å²) in [4.78, 5) is 21.4. The summed E-state index contributed by atoms with van der Waals surface area (Å²) in [5, 5.41) is 9.13. The van der Waals surface area contributed by atoms with Crippen molar-refractivity contribution in [3.8, 4) is 0 Å². The lowest BCUT2D eigenvalue weighted by molar-refractivity contribution is -0.123. The first-order chi connectivity index (χ1) is 6.93. The molecule has 5 N–H and O–H groups in total. The van der Waals surface area contributed by atoms with Crippen molar-refractivity contribution >= 4 is 11.8 Å². The predicted molar refractivity (Wildman–Crippen MR) is 56.6 cm³/mol. The van der Waals surface area contributed by atoms with Gasteiger partial charge < -0.3 is 16.6 Å². The summed E-state index contributed by atoms with van der Waals surface area (Å²) in [6.45, 7) is 1.62. The minimum atomic E-state index is -0.529. The molecule has 0 radical (unpaired) electrons. The molecule has 0 rings (SSSR count). The third-order valence-electron chi connectivity index (χ3n) is 2.25. The van der Waals surface area contributed by atoms with Crippen molar-refractivity contribution in [3.05, 3.63) is 0 Å². The van der Waals surface area contributed by atoms with Crippen molar-refractivity contribution < 1.29 is 14.7 Å². The van der Waals surface area contributed by atoms with Crippen LogP contribution in [0, 0.1) is 5.92 Å². The standard InChI is InChI=1S/C10H20N2O3/c1-7(13)6-8(10(12)15)4-2-3-5-9(11)14/h7-8,13H,2-6H2,1H3,(H2,11,14)(H2,12,15). The van der Waals surface area contributed by atoms with E-state index in [9.17, 15) is 9.59 Å². The lowest BCUT2D eigenvalue weighted by atomic mass is 9.95.